The Hall–Kier alpha value is -3.26. The van der Waals surface area contributed by atoms with Crippen molar-refractivity contribution in [1.82, 2.24) is 25.1 Å². The number of aliphatic hydroxyl groups is 1. The lowest BCUT2D eigenvalue weighted by Gasteiger charge is -2.22. The van der Waals surface area contributed by atoms with Crippen molar-refractivity contribution in [3.05, 3.63) is 71.5 Å². The minimum absolute atomic E-state index is 0.103. The molecule has 0 aliphatic carbocycles. The summed E-state index contributed by atoms with van der Waals surface area (Å²) in [7, 11) is 0. The third-order valence-corrected chi connectivity index (χ3v) is 4.23. The van der Waals surface area contributed by atoms with Crippen LogP contribution in [0, 0.1) is 0 Å². The largest absolute Gasteiger partial charge is 0.486 e. The minimum Gasteiger partial charge on any atom is -0.486 e. The second-order valence-corrected chi connectivity index (χ2v) is 6.16. The predicted octanol–water partition coefficient (Wildman–Crippen LogP) is 1.91. The number of nitrogens with zero attached hydrogens (tertiary/aromatic N) is 5. The molecule has 3 rings (SSSR count). The lowest BCUT2D eigenvalue weighted by atomic mass is 10.1. The molecule has 0 atom stereocenters. The summed E-state index contributed by atoms with van der Waals surface area (Å²) in [5.74, 6) is 1.01. The lowest BCUT2D eigenvalue weighted by molar-refractivity contribution is 0.0707. The third-order valence-electron chi connectivity index (χ3n) is 4.23. The zero-order chi connectivity index (χ0) is 19.8. The number of carbonyl (C=O) groups is 1. The molecule has 146 valence electrons. The van der Waals surface area contributed by atoms with Crippen LogP contribution < -0.4 is 4.74 Å². The van der Waals surface area contributed by atoms with Crippen LogP contribution >= 0.6 is 0 Å². The number of rotatable bonds is 9. The Morgan fingerprint density at radius 2 is 2.00 bits per heavy atom. The Balaban J connectivity index is 1.70. The highest BCUT2D eigenvalue weighted by atomic mass is 16.5. The molecular weight excluding hydrogens is 358 g/mol. The predicted molar refractivity (Wildman–Crippen MR) is 103 cm³/mol. The normalized spacial score (nSPS) is 10.6. The van der Waals surface area contributed by atoms with Gasteiger partial charge in [-0.2, -0.15) is 0 Å². The smallest absolute Gasteiger partial charge is 0.254 e. The van der Waals surface area contributed by atoms with Gasteiger partial charge in [0.15, 0.2) is 5.82 Å². The van der Waals surface area contributed by atoms with E-state index in [4.69, 9.17) is 4.74 Å². The number of hydrogen-bond donors (Lipinski definition) is 1. The molecule has 3 aromatic rings. The number of carbonyl (C=O) groups excluding carboxylic acids is 1. The maximum Gasteiger partial charge on any atom is 0.254 e. The highest BCUT2D eigenvalue weighted by Gasteiger charge is 2.16. The summed E-state index contributed by atoms with van der Waals surface area (Å²) in [6.07, 6.45) is 0. The van der Waals surface area contributed by atoms with Gasteiger partial charge < -0.3 is 14.7 Å². The standard InChI is InChI=1S/C20H23N5O3/c1-2-25-19(21-22-23-25)15-28-18-10-6-9-17(13-18)20(27)24(11-12-26)14-16-7-4-3-5-8-16/h3-10,13,26H,2,11-12,14-15H2,1H3. The maximum absolute atomic E-state index is 12.9. The Labute approximate surface area is 163 Å². The van der Waals surface area contributed by atoms with Crippen molar-refractivity contribution < 1.29 is 14.6 Å². The molecule has 1 heterocycles. The summed E-state index contributed by atoms with van der Waals surface area (Å²) in [5, 5.41) is 20.8. The molecule has 0 unspecified atom stereocenters. The monoisotopic (exact) mass is 381 g/mol. The molecule has 28 heavy (non-hydrogen) atoms. The Bertz CT molecular complexity index is 898. The highest BCUT2D eigenvalue weighted by molar-refractivity contribution is 5.94. The number of ether oxygens (including phenoxy) is 1. The van der Waals surface area contributed by atoms with Crippen molar-refractivity contribution >= 4 is 5.91 Å². The van der Waals surface area contributed by atoms with E-state index in [-0.39, 0.29) is 25.7 Å². The summed E-state index contributed by atoms with van der Waals surface area (Å²) in [6.45, 7) is 3.39. The first-order chi connectivity index (χ1) is 13.7. The molecule has 1 aromatic heterocycles. The first-order valence-corrected chi connectivity index (χ1v) is 9.13. The number of tetrazole rings is 1. The van der Waals surface area contributed by atoms with Crippen LogP contribution in [0.15, 0.2) is 54.6 Å². The molecule has 0 fully saturated rings. The van der Waals surface area contributed by atoms with E-state index >= 15 is 0 Å². The fraction of sp³-hybridized carbons (Fsp3) is 0.300. The van der Waals surface area contributed by atoms with Crippen LogP contribution in [0.1, 0.15) is 28.7 Å². The van der Waals surface area contributed by atoms with Gasteiger partial charge in [0.25, 0.3) is 5.91 Å². The number of amides is 1. The number of aliphatic hydroxyl groups excluding tert-OH is 1. The molecular formula is C20H23N5O3. The number of benzene rings is 2. The fourth-order valence-electron chi connectivity index (χ4n) is 2.80. The van der Waals surface area contributed by atoms with Gasteiger partial charge in [0.05, 0.1) is 6.61 Å². The highest BCUT2D eigenvalue weighted by Crippen LogP contribution is 2.17. The molecule has 0 aliphatic heterocycles. The zero-order valence-corrected chi connectivity index (χ0v) is 15.7. The minimum atomic E-state index is -0.165. The maximum atomic E-state index is 12.9. The average molecular weight is 381 g/mol. The van der Waals surface area contributed by atoms with Gasteiger partial charge in [0, 0.05) is 25.2 Å². The van der Waals surface area contributed by atoms with E-state index in [9.17, 15) is 9.90 Å². The van der Waals surface area contributed by atoms with Crippen LogP contribution in [0.4, 0.5) is 0 Å². The van der Waals surface area contributed by atoms with Gasteiger partial charge in [0.1, 0.15) is 12.4 Å². The summed E-state index contributed by atoms with van der Waals surface area (Å²) in [5.41, 5.74) is 1.50. The third kappa shape index (κ3) is 4.92. The van der Waals surface area contributed by atoms with Crippen LogP contribution in [-0.2, 0) is 19.7 Å². The van der Waals surface area contributed by atoms with Gasteiger partial charge in [-0.25, -0.2) is 4.68 Å². The van der Waals surface area contributed by atoms with Crippen molar-refractivity contribution in [3.8, 4) is 5.75 Å². The van der Waals surface area contributed by atoms with Gasteiger partial charge in [-0.15, -0.1) is 5.10 Å². The van der Waals surface area contributed by atoms with Crippen molar-refractivity contribution in [2.24, 2.45) is 0 Å². The molecule has 0 saturated carbocycles. The summed E-state index contributed by atoms with van der Waals surface area (Å²) < 4.78 is 7.41. The number of hydrogen-bond acceptors (Lipinski definition) is 6. The molecule has 8 heteroatoms. The Morgan fingerprint density at radius 3 is 2.75 bits per heavy atom. The fourth-order valence-corrected chi connectivity index (χ4v) is 2.80. The second-order valence-electron chi connectivity index (χ2n) is 6.16. The van der Waals surface area contributed by atoms with Crippen LogP contribution in [0.5, 0.6) is 5.75 Å². The van der Waals surface area contributed by atoms with Crippen molar-refractivity contribution in [3.63, 3.8) is 0 Å². The molecule has 8 nitrogen and oxygen atoms in total. The van der Waals surface area contributed by atoms with E-state index in [2.05, 4.69) is 15.5 Å². The van der Waals surface area contributed by atoms with Crippen LogP contribution in [-0.4, -0.2) is 49.3 Å². The second kappa shape index (κ2) is 9.61. The molecule has 0 saturated heterocycles. The number of aryl methyl sites for hydroxylation is 1. The SMILES string of the molecule is CCn1nnnc1COc1cccc(C(=O)N(CCO)Cc2ccccc2)c1. The van der Waals surface area contributed by atoms with E-state index < -0.39 is 0 Å². The van der Waals surface area contributed by atoms with E-state index in [1.807, 2.05) is 37.3 Å². The summed E-state index contributed by atoms with van der Waals surface area (Å²) >= 11 is 0. The topological polar surface area (TPSA) is 93.4 Å². The number of aromatic nitrogens is 4. The van der Waals surface area contributed by atoms with E-state index in [0.717, 1.165) is 5.56 Å². The van der Waals surface area contributed by atoms with Crippen molar-refractivity contribution in [2.75, 3.05) is 13.2 Å². The molecule has 0 spiro atoms. The Morgan fingerprint density at radius 1 is 1.18 bits per heavy atom. The van der Waals surface area contributed by atoms with Crippen LogP contribution in [0.3, 0.4) is 0 Å². The van der Waals surface area contributed by atoms with Crippen molar-refractivity contribution in [2.45, 2.75) is 26.6 Å². The Kier molecular flexibility index (Phi) is 6.69. The quantitative estimate of drug-likeness (QED) is 0.609. The molecule has 2 aromatic carbocycles. The van der Waals surface area contributed by atoms with Crippen molar-refractivity contribution in [1.29, 1.82) is 0 Å². The van der Waals surface area contributed by atoms with E-state index in [1.54, 1.807) is 33.8 Å². The average Bonchev–Trinajstić information content (AvgIpc) is 3.20. The molecule has 1 N–H and O–H groups in total. The van der Waals surface area contributed by atoms with Gasteiger partial charge in [-0.3, -0.25) is 4.79 Å². The zero-order valence-electron chi connectivity index (χ0n) is 15.7. The molecule has 1 amide bonds. The van der Waals surface area contributed by atoms with Gasteiger partial charge in [-0.1, -0.05) is 36.4 Å². The molecule has 0 radical (unpaired) electrons. The van der Waals surface area contributed by atoms with Crippen LogP contribution in [0.25, 0.3) is 0 Å². The first-order valence-electron chi connectivity index (χ1n) is 9.13. The van der Waals surface area contributed by atoms with Gasteiger partial charge in [0.2, 0.25) is 0 Å². The first kappa shape index (κ1) is 19.5. The summed E-state index contributed by atoms with van der Waals surface area (Å²) in [6, 6.07) is 16.7. The van der Waals surface area contributed by atoms with Gasteiger partial charge in [-0.05, 0) is 41.1 Å². The van der Waals surface area contributed by atoms with Gasteiger partial charge >= 0.3 is 0 Å². The summed E-state index contributed by atoms with van der Waals surface area (Å²) in [4.78, 5) is 14.6. The van der Waals surface area contributed by atoms with Crippen LogP contribution in [0.2, 0.25) is 0 Å². The van der Waals surface area contributed by atoms with E-state index in [1.165, 1.54) is 0 Å². The lowest BCUT2D eigenvalue weighted by Crippen LogP contribution is -2.33. The van der Waals surface area contributed by atoms with E-state index in [0.29, 0.717) is 30.2 Å². The molecule has 0 aliphatic rings. The molecule has 0 bridgehead atoms.